The van der Waals surface area contributed by atoms with Crippen LogP contribution in [0.4, 0.5) is 5.69 Å². The SMILES string of the molecule is CCCCOC(=O)c1ccc(NC(=O)C(=O)NCCC)cc1. The average molecular weight is 306 g/mol. The fourth-order valence-corrected chi connectivity index (χ4v) is 1.59. The number of ether oxygens (including phenoxy) is 1. The minimum Gasteiger partial charge on any atom is -0.462 e. The Morgan fingerprint density at radius 3 is 2.27 bits per heavy atom. The molecule has 0 aliphatic heterocycles. The lowest BCUT2D eigenvalue weighted by molar-refractivity contribution is -0.136. The van der Waals surface area contributed by atoms with Crippen molar-refractivity contribution >= 4 is 23.5 Å². The second kappa shape index (κ2) is 9.55. The Morgan fingerprint density at radius 2 is 1.68 bits per heavy atom. The lowest BCUT2D eigenvalue weighted by Gasteiger charge is -2.07. The van der Waals surface area contributed by atoms with E-state index in [-0.39, 0.29) is 0 Å². The molecule has 0 saturated carbocycles. The first-order valence-corrected chi connectivity index (χ1v) is 7.44. The van der Waals surface area contributed by atoms with E-state index in [0.717, 1.165) is 19.3 Å². The van der Waals surface area contributed by atoms with E-state index in [1.807, 2.05) is 13.8 Å². The molecule has 6 heteroatoms. The van der Waals surface area contributed by atoms with Crippen molar-refractivity contribution in [1.29, 1.82) is 0 Å². The second-order valence-corrected chi connectivity index (χ2v) is 4.78. The Hall–Kier alpha value is -2.37. The molecule has 0 radical (unpaired) electrons. The van der Waals surface area contributed by atoms with Crippen LogP contribution in [-0.2, 0) is 14.3 Å². The van der Waals surface area contributed by atoms with Gasteiger partial charge in [-0.2, -0.15) is 0 Å². The van der Waals surface area contributed by atoms with E-state index in [0.29, 0.717) is 24.4 Å². The van der Waals surface area contributed by atoms with E-state index >= 15 is 0 Å². The van der Waals surface area contributed by atoms with Gasteiger partial charge in [-0.25, -0.2) is 4.79 Å². The summed E-state index contributed by atoms with van der Waals surface area (Å²) in [5.41, 5.74) is 0.853. The maximum atomic E-state index is 11.7. The number of nitrogens with one attached hydrogen (secondary N) is 2. The molecule has 6 nitrogen and oxygen atoms in total. The minimum absolute atomic E-state index is 0.394. The monoisotopic (exact) mass is 306 g/mol. The second-order valence-electron chi connectivity index (χ2n) is 4.78. The van der Waals surface area contributed by atoms with Crippen LogP contribution < -0.4 is 10.6 Å². The minimum atomic E-state index is -0.730. The molecule has 2 N–H and O–H groups in total. The summed E-state index contributed by atoms with van der Waals surface area (Å²) in [6, 6.07) is 6.21. The summed E-state index contributed by atoms with van der Waals surface area (Å²) >= 11 is 0. The molecular weight excluding hydrogens is 284 g/mol. The molecule has 22 heavy (non-hydrogen) atoms. The normalized spacial score (nSPS) is 9.91. The van der Waals surface area contributed by atoms with Crippen LogP contribution in [0, 0.1) is 0 Å². The molecule has 2 amide bonds. The first kappa shape index (κ1) is 17.7. The molecule has 0 aliphatic rings. The molecule has 0 fully saturated rings. The molecule has 0 aliphatic carbocycles. The summed E-state index contributed by atoms with van der Waals surface area (Å²) in [6.07, 6.45) is 2.54. The fraction of sp³-hybridized carbons (Fsp3) is 0.438. The number of carbonyl (C=O) groups excluding carboxylic acids is 3. The first-order chi connectivity index (χ1) is 10.6. The molecule has 0 unspecified atom stereocenters. The van der Waals surface area contributed by atoms with Crippen molar-refractivity contribution in [1.82, 2.24) is 5.32 Å². The maximum Gasteiger partial charge on any atom is 0.338 e. The highest BCUT2D eigenvalue weighted by Gasteiger charge is 2.13. The van der Waals surface area contributed by atoms with Crippen molar-refractivity contribution in [3.63, 3.8) is 0 Å². The molecule has 1 aromatic rings. The van der Waals surface area contributed by atoms with Crippen LogP contribution in [0.1, 0.15) is 43.5 Å². The van der Waals surface area contributed by atoms with E-state index in [2.05, 4.69) is 10.6 Å². The number of esters is 1. The van der Waals surface area contributed by atoms with E-state index in [1.165, 1.54) is 0 Å². The van der Waals surface area contributed by atoms with Crippen LogP contribution >= 0.6 is 0 Å². The van der Waals surface area contributed by atoms with Crippen molar-refractivity contribution < 1.29 is 19.1 Å². The van der Waals surface area contributed by atoms with E-state index in [4.69, 9.17) is 4.74 Å². The maximum absolute atomic E-state index is 11.7. The number of amides is 2. The van der Waals surface area contributed by atoms with E-state index in [9.17, 15) is 14.4 Å². The molecule has 1 rings (SSSR count). The van der Waals surface area contributed by atoms with Crippen LogP contribution in [0.25, 0.3) is 0 Å². The van der Waals surface area contributed by atoms with Gasteiger partial charge in [-0.1, -0.05) is 20.3 Å². The van der Waals surface area contributed by atoms with E-state index < -0.39 is 17.8 Å². The predicted molar refractivity (Wildman–Crippen MR) is 83.6 cm³/mol. The number of carbonyl (C=O) groups is 3. The smallest absolute Gasteiger partial charge is 0.338 e. The molecular formula is C16H22N2O4. The fourth-order valence-electron chi connectivity index (χ4n) is 1.59. The summed E-state index contributed by atoms with van der Waals surface area (Å²) in [5.74, 6) is -1.80. The Balaban J connectivity index is 2.52. The number of hydrogen-bond acceptors (Lipinski definition) is 4. The van der Waals surface area contributed by atoms with Gasteiger partial charge in [0.2, 0.25) is 0 Å². The third kappa shape index (κ3) is 5.95. The van der Waals surface area contributed by atoms with Crippen molar-refractivity contribution in [3.8, 4) is 0 Å². The molecule has 1 aromatic carbocycles. The molecule has 0 saturated heterocycles. The van der Waals surface area contributed by atoms with Crippen LogP contribution in [-0.4, -0.2) is 30.9 Å². The highest BCUT2D eigenvalue weighted by atomic mass is 16.5. The summed E-state index contributed by atoms with van der Waals surface area (Å²) < 4.78 is 5.08. The molecule has 0 bridgehead atoms. The molecule has 120 valence electrons. The van der Waals surface area contributed by atoms with E-state index in [1.54, 1.807) is 24.3 Å². The predicted octanol–water partition coefficient (Wildman–Crippen LogP) is 2.11. The first-order valence-electron chi connectivity index (χ1n) is 7.44. The van der Waals surface area contributed by atoms with Crippen LogP contribution in [0.3, 0.4) is 0 Å². The molecule has 0 heterocycles. The topological polar surface area (TPSA) is 84.5 Å². The van der Waals surface area contributed by atoms with Gasteiger partial charge in [0.05, 0.1) is 12.2 Å². The number of anilines is 1. The van der Waals surface area contributed by atoms with Gasteiger partial charge in [-0.3, -0.25) is 9.59 Å². The third-order valence-corrected chi connectivity index (χ3v) is 2.85. The van der Waals surface area contributed by atoms with Crippen LogP contribution in [0.2, 0.25) is 0 Å². The Bertz CT molecular complexity index is 511. The lowest BCUT2D eigenvalue weighted by Crippen LogP contribution is -2.35. The third-order valence-electron chi connectivity index (χ3n) is 2.85. The van der Waals surface area contributed by atoms with Crippen molar-refractivity contribution in [3.05, 3.63) is 29.8 Å². The van der Waals surface area contributed by atoms with Crippen molar-refractivity contribution in [2.75, 3.05) is 18.5 Å². The highest BCUT2D eigenvalue weighted by Crippen LogP contribution is 2.10. The van der Waals surface area contributed by atoms with Gasteiger partial charge in [-0.15, -0.1) is 0 Å². The molecule has 0 atom stereocenters. The number of rotatable bonds is 7. The summed E-state index contributed by atoms with van der Waals surface area (Å²) in [5, 5.41) is 4.95. The average Bonchev–Trinajstić information content (AvgIpc) is 2.53. The zero-order valence-electron chi connectivity index (χ0n) is 13.0. The zero-order chi connectivity index (χ0) is 16.4. The van der Waals surface area contributed by atoms with Gasteiger partial charge in [-0.05, 0) is 37.1 Å². The van der Waals surface area contributed by atoms with Crippen LogP contribution in [0.5, 0.6) is 0 Å². The highest BCUT2D eigenvalue weighted by molar-refractivity contribution is 6.39. The number of hydrogen-bond donors (Lipinski definition) is 2. The van der Waals surface area contributed by atoms with Gasteiger partial charge in [0.25, 0.3) is 0 Å². The summed E-state index contributed by atoms with van der Waals surface area (Å²) in [7, 11) is 0. The Labute approximate surface area is 130 Å². The molecule has 0 aromatic heterocycles. The van der Waals surface area contributed by atoms with Gasteiger partial charge in [0, 0.05) is 12.2 Å². The quantitative estimate of drug-likeness (QED) is 0.459. The summed E-state index contributed by atoms with van der Waals surface area (Å²) in [4.78, 5) is 34.7. The van der Waals surface area contributed by atoms with Gasteiger partial charge in [0.1, 0.15) is 0 Å². The van der Waals surface area contributed by atoms with Gasteiger partial charge < -0.3 is 15.4 Å². The standard InChI is InChI=1S/C16H22N2O4/c1-3-5-11-22-16(21)12-6-8-13(9-7-12)18-15(20)14(19)17-10-4-2/h6-9H,3-5,10-11H2,1-2H3,(H,17,19)(H,18,20). The largest absolute Gasteiger partial charge is 0.462 e. The van der Waals surface area contributed by atoms with Crippen molar-refractivity contribution in [2.45, 2.75) is 33.1 Å². The summed E-state index contributed by atoms with van der Waals surface area (Å²) in [6.45, 7) is 4.76. The Morgan fingerprint density at radius 1 is 1.00 bits per heavy atom. The van der Waals surface area contributed by atoms with Crippen molar-refractivity contribution in [2.24, 2.45) is 0 Å². The molecule has 0 spiro atoms. The van der Waals surface area contributed by atoms with Gasteiger partial charge >= 0.3 is 17.8 Å². The Kier molecular flexibility index (Phi) is 7.67. The van der Waals surface area contributed by atoms with Gasteiger partial charge in [0.15, 0.2) is 0 Å². The van der Waals surface area contributed by atoms with Crippen LogP contribution in [0.15, 0.2) is 24.3 Å². The lowest BCUT2D eigenvalue weighted by atomic mass is 10.2. The zero-order valence-corrected chi connectivity index (χ0v) is 13.0. The number of benzene rings is 1. The number of unbranched alkanes of at least 4 members (excludes halogenated alkanes) is 1.